The molecule has 0 saturated heterocycles. The lowest BCUT2D eigenvalue weighted by molar-refractivity contribution is 0.725. The molecular formula is C14H14Cl2N2OS2. The van der Waals surface area contributed by atoms with Gasteiger partial charge in [0.15, 0.2) is 5.16 Å². The molecule has 2 aromatic rings. The monoisotopic (exact) mass is 360 g/mol. The highest BCUT2D eigenvalue weighted by Crippen LogP contribution is 2.54. The van der Waals surface area contributed by atoms with Crippen LogP contribution in [0.2, 0.25) is 0 Å². The molecule has 2 aromatic heterocycles. The third-order valence-electron chi connectivity index (χ3n) is 4.27. The summed E-state index contributed by atoms with van der Waals surface area (Å²) >= 11 is 15.4. The first-order chi connectivity index (χ1) is 9.97. The van der Waals surface area contributed by atoms with Crippen molar-refractivity contribution in [2.75, 3.05) is 5.75 Å². The molecule has 21 heavy (non-hydrogen) atoms. The number of hydrogen-bond acceptors (Lipinski definition) is 4. The van der Waals surface area contributed by atoms with Crippen molar-refractivity contribution in [3.63, 3.8) is 0 Å². The Morgan fingerprint density at radius 1 is 1.48 bits per heavy atom. The van der Waals surface area contributed by atoms with Gasteiger partial charge in [-0.3, -0.25) is 9.36 Å². The molecule has 0 radical (unpaired) electrons. The number of thiophene rings is 1. The molecule has 0 unspecified atom stereocenters. The Bertz CT molecular complexity index is 796. The second kappa shape index (κ2) is 4.88. The highest BCUT2D eigenvalue weighted by molar-refractivity contribution is 7.99. The van der Waals surface area contributed by atoms with Crippen LogP contribution >= 0.6 is 46.3 Å². The molecule has 2 heterocycles. The summed E-state index contributed by atoms with van der Waals surface area (Å²) in [5.41, 5.74) is 1.32. The molecule has 1 atom stereocenters. The van der Waals surface area contributed by atoms with Crippen LogP contribution in [-0.4, -0.2) is 19.6 Å². The van der Waals surface area contributed by atoms with E-state index >= 15 is 0 Å². The van der Waals surface area contributed by atoms with Crippen LogP contribution in [0.1, 0.15) is 23.3 Å². The van der Waals surface area contributed by atoms with Crippen LogP contribution in [0.25, 0.3) is 10.2 Å². The summed E-state index contributed by atoms with van der Waals surface area (Å²) in [4.78, 5) is 19.6. The van der Waals surface area contributed by atoms with E-state index in [1.54, 1.807) is 34.7 Å². The van der Waals surface area contributed by atoms with E-state index in [0.717, 1.165) is 46.8 Å². The zero-order chi connectivity index (χ0) is 14.8. The molecule has 0 spiro atoms. The van der Waals surface area contributed by atoms with Crippen molar-refractivity contribution in [1.29, 1.82) is 0 Å². The molecule has 0 aliphatic heterocycles. The molecule has 2 aliphatic rings. The quantitative estimate of drug-likeness (QED) is 0.474. The summed E-state index contributed by atoms with van der Waals surface area (Å²) in [6.45, 7) is 0. The lowest BCUT2D eigenvalue weighted by Crippen LogP contribution is -2.20. The number of thioether (sulfide) groups is 1. The second-order valence-corrected chi connectivity index (χ2v) is 9.38. The van der Waals surface area contributed by atoms with Gasteiger partial charge in [0.2, 0.25) is 0 Å². The van der Waals surface area contributed by atoms with Crippen molar-refractivity contribution in [1.82, 2.24) is 9.55 Å². The molecule has 0 bridgehead atoms. The van der Waals surface area contributed by atoms with Gasteiger partial charge >= 0.3 is 0 Å². The number of rotatable bonds is 3. The maximum Gasteiger partial charge on any atom is 0.262 e. The van der Waals surface area contributed by atoms with Crippen LogP contribution in [0.4, 0.5) is 0 Å². The van der Waals surface area contributed by atoms with Crippen molar-refractivity contribution in [2.45, 2.75) is 35.2 Å². The summed E-state index contributed by atoms with van der Waals surface area (Å²) in [6, 6.07) is 0. The van der Waals surface area contributed by atoms with Crippen molar-refractivity contribution >= 4 is 56.5 Å². The second-order valence-electron chi connectivity index (χ2n) is 5.77. The molecule has 1 saturated carbocycles. The minimum Gasteiger partial charge on any atom is -0.290 e. The fourth-order valence-corrected chi connectivity index (χ4v) is 6.06. The maximum absolute atomic E-state index is 12.6. The SMILES string of the molecule is Cn1c(SC[C@@H]2CC2(Cl)Cl)nc2sc3c(c2c1=O)CCC3. The molecule has 0 N–H and O–H groups in total. The zero-order valence-electron chi connectivity index (χ0n) is 11.5. The van der Waals surface area contributed by atoms with E-state index in [4.69, 9.17) is 28.2 Å². The van der Waals surface area contributed by atoms with E-state index in [2.05, 4.69) is 0 Å². The van der Waals surface area contributed by atoms with Crippen LogP contribution < -0.4 is 5.56 Å². The van der Waals surface area contributed by atoms with Gasteiger partial charge in [-0.15, -0.1) is 34.5 Å². The Morgan fingerprint density at radius 3 is 2.95 bits per heavy atom. The molecule has 0 aromatic carbocycles. The van der Waals surface area contributed by atoms with Crippen LogP contribution in [-0.2, 0) is 19.9 Å². The summed E-state index contributed by atoms with van der Waals surface area (Å²) in [6.07, 6.45) is 4.09. The largest absolute Gasteiger partial charge is 0.290 e. The summed E-state index contributed by atoms with van der Waals surface area (Å²) in [5.74, 6) is 1.11. The predicted molar refractivity (Wildman–Crippen MR) is 90.2 cm³/mol. The zero-order valence-corrected chi connectivity index (χ0v) is 14.6. The number of nitrogens with zero attached hydrogens (tertiary/aromatic N) is 2. The standard InChI is InChI=1S/C14H14Cl2N2OS2/c1-18-12(19)10-8-3-2-4-9(8)21-11(10)17-13(18)20-6-7-5-14(7,15)16/h7H,2-6H2,1H3/t7-/m0/s1. The highest BCUT2D eigenvalue weighted by Gasteiger charge is 2.51. The molecule has 3 nitrogen and oxygen atoms in total. The van der Waals surface area contributed by atoms with Gasteiger partial charge in [-0.25, -0.2) is 4.98 Å². The first kappa shape index (κ1) is 14.4. The molecule has 0 amide bonds. The van der Waals surface area contributed by atoms with Crippen molar-refractivity contribution in [3.05, 3.63) is 20.8 Å². The Hall–Kier alpha value is -0.230. The Labute approximate surface area is 140 Å². The molecule has 112 valence electrons. The van der Waals surface area contributed by atoms with Gasteiger partial charge in [0, 0.05) is 23.6 Å². The fourth-order valence-electron chi connectivity index (χ4n) is 2.86. The topological polar surface area (TPSA) is 34.9 Å². The van der Waals surface area contributed by atoms with Crippen molar-refractivity contribution < 1.29 is 0 Å². The van der Waals surface area contributed by atoms with E-state index in [9.17, 15) is 4.79 Å². The highest BCUT2D eigenvalue weighted by atomic mass is 35.5. The fraction of sp³-hybridized carbons (Fsp3) is 0.571. The smallest absolute Gasteiger partial charge is 0.262 e. The van der Waals surface area contributed by atoms with Crippen LogP contribution in [0.5, 0.6) is 0 Å². The number of halogens is 2. The van der Waals surface area contributed by atoms with E-state index in [-0.39, 0.29) is 5.56 Å². The first-order valence-electron chi connectivity index (χ1n) is 6.99. The number of aromatic nitrogens is 2. The minimum atomic E-state index is -0.569. The van der Waals surface area contributed by atoms with Gasteiger partial charge < -0.3 is 0 Å². The predicted octanol–water partition coefficient (Wildman–Crippen LogP) is 3.77. The number of alkyl halides is 2. The average molecular weight is 361 g/mol. The van der Waals surface area contributed by atoms with E-state index in [0.29, 0.717) is 5.92 Å². The lowest BCUT2D eigenvalue weighted by Gasteiger charge is -2.07. The van der Waals surface area contributed by atoms with Crippen LogP contribution in [0, 0.1) is 5.92 Å². The normalized spacial score (nSPS) is 22.7. The third-order valence-corrected chi connectivity index (χ3v) is 7.58. The van der Waals surface area contributed by atoms with Crippen LogP contribution in [0.15, 0.2) is 9.95 Å². The number of hydrogen-bond donors (Lipinski definition) is 0. The molecule has 4 rings (SSSR count). The third kappa shape index (κ3) is 2.33. The number of fused-ring (bicyclic) bond motifs is 3. The van der Waals surface area contributed by atoms with Gasteiger partial charge in [-0.1, -0.05) is 11.8 Å². The van der Waals surface area contributed by atoms with Gasteiger partial charge in [-0.05, 0) is 31.2 Å². The van der Waals surface area contributed by atoms with Crippen molar-refractivity contribution in [2.24, 2.45) is 13.0 Å². The summed E-state index contributed by atoms with van der Waals surface area (Å²) in [5, 5.41) is 1.61. The summed E-state index contributed by atoms with van der Waals surface area (Å²) < 4.78 is 1.10. The minimum absolute atomic E-state index is 0.0840. The average Bonchev–Trinajstić information content (AvgIpc) is 2.79. The Balaban J connectivity index is 1.70. The van der Waals surface area contributed by atoms with E-state index in [1.165, 1.54) is 10.4 Å². The Kier molecular flexibility index (Phi) is 3.34. The maximum atomic E-state index is 12.6. The molecule has 2 aliphatic carbocycles. The van der Waals surface area contributed by atoms with Crippen LogP contribution in [0.3, 0.4) is 0 Å². The first-order valence-corrected chi connectivity index (χ1v) is 9.55. The van der Waals surface area contributed by atoms with Gasteiger partial charge in [0.25, 0.3) is 5.56 Å². The summed E-state index contributed by atoms with van der Waals surface area (Å²) in [7, 11) is 1.80. The molecule has 7 heteroatoms. The number of aryl methyl sites for hydroxylation is 2. The molecule has 1 fully saturated rings. The van der Waals surface area contributed by atoms with Gasteiger partial charge in [-0.2, -0.15) is 0 Å². The molecular weight excluding hydrogens is 347 g/mol. The van der Waals surface area contributed by atoms with E-state index < -0.39 is 4.33 Å². The lowest BCUT2D eigenvalue weighted by atomic mass is 10.2. The van der Waals surface area contributed by atoms with Gasteiger partial charge in [0.05, 0.1) is 5.39 Å². The Morgan fingerprint density at radius 2 is 2.24 bits per heavy atom. The van der Waals surface area contributed by atoms with Crippen molar-refractivity contribution in [3.8, 4) is 0 Å². The van der Waals surface area contributed by atoms with Gasteiger partial charge in [0.1, 0.15) is 9.16 Å². The van der Waals surface area contributed by atoms with E-state index in [1.807, 2.05) is 0 Å².